The third-order valence-electron chi connectivity index (χ3n) is 6.39. The molecule has 1 aliphatic heterocycles. The van der Waals surface area contributed by atoms with Gasteiger partial charge in [0.25, 0.3) is 0 Å². The molecule has 11 heteroatoms. The molecule has 0 radical (unpaired) electrons. The number of rotatable bonds is 8. The van der Waals surface area contributed by atoms with Crippen molar-refractivity contribution in [2.24, 2.45) is 5.16 Å². The van der Waals surface area contributed by atoms with E-state index in [0.717, 1.165) is 11.1 Å². The second-order valence-corrected chi connectivity index (χ2v) is 9.28. The van der Waals surface area contributed by atoms with Crippen molar-refractivity contribution in [3.8, 4) is 5.88 Å². The first-order valence-electron chi connectivity index (χ1n) is 12.4. The van der Waals surface area contributed by atoms with E-state index in [1.807, 2.05) is 79.4 Å². The van der Waals surface area contributed by atoms with E-state index in [-0.39, 0.29) is 29.2 Å². The highest BCUT2D eigenvalue weighted by Crippen LogP contribution is 2.37. The molecule has 1 aliphatic rings. The van der Waals surface area contributed by atoms with Gasteiger partial charge in [-0.1, -0.05) is 84.8 Å². The summed E-state index contributed by atoms with van der Waals surface area (Å²) < 4.78 is 5.47. The quantitative estimate of drug-likeness (QED) is 0.179. The van der Waals surface area contributed by atoms with Gasteiger partial charge in [0.1, 0.15) is 12.0 Å². The molecule has 4 aromatic rings. The van der Waals surface area contributed by atoms with Gasteiger partial charge in [-0.05, 0) is 12.8 Å². The molecule has 2 aromatic heterocycles. The predicted octanol–water partition coefficient (Wildman–Crippen LogP) is 5.11. The summed E-state index contributed by atoms with van der Waals surface area (Å²) >= 11 is 0. The monoisotopic (exact) mass is 513 g/mol. The lowest BCUT2D eigenvalue weighted by atomic mass is 9.96. The molecule has 194 valence electrons. The number of anilines is 1. The van der Waals surface area contributed by atoms with E-state index < -0.39 is 4.92 Å². The Morgan fingerprint density at radius 3 is 2.24 bits per heavy atom. The topological polar surface area (TPSA) is 133 Å². The summed E-state index contributed by atoms with van der Waals surface area (Å²) in [7, 11) is 0. The van der Waals surface area contributed by atoms with Crippen molar-refractivity contribution in [3.63, 3.8) is 0 Å². The molecule has 1 fully saturated rings. The van der Waals surface area contributed by atoms with Gasteiger partial charge in [0, 0.05) is 36.1 Å². The smallest absolute Gasteiger partial charge is 0.351 e. The van der Waals surface area contributed by atoms with E-state index in [4.69, 9.17) is 9.36 Å². The number of hydrogen-bond acceptors (Lipinski definition) is 10. The third-order valence-corrected chi connectivity index (χ3v) is 6.39. The zero-order valence-electron chi connectivity index (χ0n) is 21.1. The lowest BCUT2D eigenvalue weighted by Gasteiger charge is -2.30. The van der Waals surface area contributed by atoms with Crippen LogP contribution in [0, 0.1) is 10.1 Å². The Bertz CT molecular complexity index is 1370. The Kier molecular flexibility index (Phi) is 7.34. The predicted molar refractivity (Wildman–Crippen MR) is 140 cm³/mol. The first-order chi connectivity index (χ1) is 18.5. The van der Waals surface area contributed by atoms with Crippen LogP contribution < -0.4 is 9.74 Å². The lowest BCUT2D eigenvalue weighted by molar-refractivity contribution is -0.385. The maximum atomic E-state index is 12.2. The average Bonchev–Trinajstić information content (AvgIpc) is 3.45. The van der Waals surface area contributed by atoms with Crippen LogP contribution in [-0.4, -0.2) is 43.8 Å². The highest BCUT2D eigenvalue weighted by Gasteiger charge is 2.33. The summed E-state index contributed by atoms with van der Waals surface area (Å²) in [5, 5.41) is 20.5. The fraction of sp³-hybridized carbons (Fsp3) is 0.296. The van der Waals surface area contributed by atoms with Crippen LogP contribution in [0.15, 0.2) is 76.7 Å². The van der Waals surface area contributed by atoms with Crippen LogP contribution in [0.1, 0.15) is 61.4 Å². The summed E-state index contributed by atoms with van der Waals surface area (Å²) in [4.78, 5) is 32.0. The van der Waals surface area contributed by atoms with Crippen LogP contribution in [-0.2, 0) is 0 Å². The van der Waals surface area contributed by atoms with Crippen LogP contribution in [0.5, 0.6) is 5.88 Å². The normalized spacial score (nSPS) is 13.9. The number of oxime groups is 1. The summed E-state index contributed by atoms with van der Waals surface area (Å²) in [6.45, 7) is 5.09. The van der Waals surface area contributed by atoms with Gasteiger partial charge in [-0.2, -0.15) is 9.97 Å². The lowest BCUT2D eigenvalue weighted by Crippen LogP contribution is -2.34. The van der Waals surface area contributed by atoms with Crippen LogP contribution >= 0.6 is 0 Å². The molecule has 3 heterocycles. The van der Waals surface area contributed by atoms with Gasteiger partial charge in [0.2, 0.25) is 11.7 Å². The number of piperidine rings is 1. The van der Waals surface area contributed by atoms with Crippen molar-refractivity contribution in [2.45, 2.75) is 38.5 Å². The highest BCUT2D eigenvalue weighted by molar-refractivity contribution is 6.12. The summed E-state index contributed by atoms with van der Waals surface area (Å²) in [6, 6.07) is 18.9. The molecule has 5 rings (SSSR count). The number of aromatic nitrogens is 4. The van der Waals surface area contributed by atoms with Crippen molar-refractivity contribution in [2.75, 3.05) is 18.0 Å². The Morgan fingerprint density at radius 1 is 1.05 bits per heavy atom. The van der Waals surface area contributed by atoms with Gasteiger partial charge in [0.15, 0.2) is 5.82 Å². The van der Waals surface area contributed by atoms with Gasteiger partial charge in [0.05, 0.1) is 4.92 Å². The Hall–Kier alpha value is -4.67. The van der Waals surface area contributed by atoms with E-state index in [1.165, 1.54) is 6.33 Å². The first kappa shape index (κ1) is 25.0. The Balaban J connectivity index is 1.39. The van der Waals surface area contributed by atoms with E-state index in [0.29, 0.717) is 43.4 Å². The summed E-state index contributed by atoms with van der Waals surface area (Å²) in [5.41, 5.74) is 1.82. The molecule has 0 amide bonds. The number of benzene rings is 2. The van der Waals surface area contributed by atoms with Crippen molar-refractivity contribution < 1.29 is 14.3 Å². The van der Waals surface area contributed by atoms with Gasteiger partial charge < -0.3 is 14.3 Å². The minimum atomic E-state index is -0.524. The van der Waals surface area contributed by atoms with Gasteiger partial charge in [-0.15, -0.1) is 0 Å². The van der Waals surface area contributed by atoms with Gasteiger partial charge in [-0.25, -0.2) is 4.98 Å². The minimum absolute atomic E-state index is 0.0896. The molecule has 0 spiro atoms. The summed E-state index contributed by atoms with van der Waals surface area (Å²) in [5.74, 6) is 1.54. The SMILES string of the molecule is CC(C)c1noc(C2CCN(c3ncnc(ON=C(c4ccccc4)c4ccccc4)c3[N+](=O)[O-])CC2)n1. The minimum Gasteiger partial charge on any atom is -0.351 e. The largest absolute Gasteiger partial charge is 0.375 e. The molecule has 2 aromatic carbocycles. The van der Waals surface area contributed by atoms with E-state index in [1.54, 1.807) is 0 Å². The molecule has 0 bridgehead atoms. The van der Waals surface area contributed by atoms with Gasteiger partial charge >= 0.3 is 11.6 Å². The van der Waals surface area contributed by atoms with Crippen LogP contribution in [0.25, 0.3) is 0 Å². The maximum absolute atomic E-state index is 12.2. The van der Waals surface area contributed by atoms with Gasteiger partial charge in [-0.3, -0.25) is 10.1 Å². The number of nitro groups is 1. The van der Waals surface area contributed by atoms with Crippen LogP contribution in [0.4, 0.5) is 11.5 Å². The zero-order valence-corrected chi connectivity index (χ0v) is 21.1. The van der Waals surface area contributed by atoms with Crippen LogP contribution in [0.3, 0.4) is 0 Å². The molecule has 0 N–H and O–H groups in total. The third kappa shape index (κ3) is 5.36. The molecule has 0 saturated carbocycles. The molecule has 38 heavy (non-hydrogen) atoms. The van der Waals surface area contributed by atoms with E-state index in [9.17, 15) is 10.1 Å². The molecular weight excluding hydrogens is 486 g/mol. The zero-order chi connectivity index (χ0) is 26.5. The van der Waals surface area contributed by atoms with Crippen molar-refractivity contribution in [1.29, 1.82) is 0 Å². The van der Waals surface area contributed by atoms with Crippen LogP contribution in [0.2, 0.25) is 0 Å². The number of hydrogen-bond donors (Lipinski definition) is 0. The molecule has 11 nitrogen and oxygen atoms in total. The molecule has 0 unspecified atom stereocenters. The van der Waals surface area contributed by atoms with E-state index in [2.05, 4.69) is 25.3 Å². The summed E-state index contributed by atoms with van der Waals surface area (Å²) in [6.07, 6.45) is 2.65. The van der Waals surface area contributed by atoms with E-state index >= 15 is 0 Å². The molecule has 1 saturated heterocycles. The second kappa shape index (κ2) is 11.2. The van der Waals surface area contributed by atoms with Crippen molar-refractivity contribution in [3.05, 3.63) is 99.9 Å². The molecule has 0 aliphatic carbocycles. The standard InChI is InChI=1S/C27H27N7O4/c1-18(2)24-30-26(37-32-24)21-13-15-33(16-14-21)25-23(34(35)36)27(29-17-28-25)38-31-22(19-9-5-3-6-10-19)20-11-7-4-8-12-20/h3-12,17-18,21H,13-16H2,1-2H3. The molecule has 0 atom stereocenters. The molecular formula is C27H27N7O4. The fourth-order valence-corrected chi connectivity index (χ4v) is 4.35. The highest BCUT2D eigenvalue weighted by atomic mass is 16.7. The average molecular weight is 514 g/mol. The first-order valence-corrected chi connectivity index (χ1v) is 12.4. The second-order valence-electron chi connectivity index (χ2n) is 9.28. The maximum Gasteiger partial charge on any atom is 0.375 e. The Labute approximate surface area is 219 Å². The number of nitrogens with zero attached hydrogens (tertiary/aromatic N) is 7. The van der Waals surface area contributed by atoms with Crippen molar-refractivity contribution >= 4 is 17.2 Å². The van der Waals surface area contributed by atoms with Crippen molar-refractivity contribution in [1.82, 2.24) is 20.1 Å². The fourth-order valence-electron chi connectivity index (χ4n) is 4.35. The Morgan fingerprint density at radius 2 is 1.68 bits per heavy atom.